The maximum absolute atomic E-state index is 13.5. The maximum atomic E-state index is 13.5. The molecule has 0 aromatic heterocycles. The molecule has 6 fully saturated rings. The molecule has 6 heterocycles. The van der Waals surface area contributed by atoms with E-state index in [0.717, 1.165) is 47.1 Å². The number of methoxy groups -OCH3 is 1. The minimum atomic E-state index is -3.35. The van der Waals surface area contributed by atoms with Crippen LogP contribution in [0, 0.1) is 58.8 Å². The topological polar surface area (TPSA) is 408 Å². The summed E-state index contributed by atoms with van der Waals surface area (Å²) in [5.41, 5.74) is 2.57. The van der Waals surface area contributed by atoms with E-state index in [1.54, 1.807) is 48.5 Å². The third-order valence-corrected chi connectivity index (χ3v) is 29.2. The van der Waals surface area contributed by atoms with E-state index in [1.165, 1.54) is 88.1 Å². The van der Waals surface area contributed by atoms with Gasteiger partial charge >= 0.3 is 0 Å². The first-order chi connectivity index (χ1) is 57.5. The van der Waals surface area contributed by atoms with Crippen LogP contribution in [0.15, 0.2) is 138 Å². The van der Waals surface area contributed by atoms with Gasteiger partial charge in [0, 0.05) is 106 Å². The fourth-order valence-corrected chi connectivity index (χ4v) is 19.8. The Labute approximate surface area is 735 Å². The highest BCUT2D eigenvalue weighted by molar-refractivity contribution is 9.10. The molecule has 44 heteroatoms. The normalized spacial score (nSPS) is 20.4. The quantitative estimate of drug-likeness (QED) is 0.0410. The number of benzene rings is 6. The number of carbonyl (C=O) groups is 6. The molecular weight excluding hydrogens is 1840 g/mol. The van der Waals surface area contributed by atoms with E-state index in [2.05, 4.69) is 47.8 Å². The molecule has 0 saturated carbocycles. The number of para-hydroxylation sites is 3. The zero-order valence-corrected chi connectivity index (χ0v) is 76.7. The number of ether oxygens (including phenoxy) is 1. The van der Waals surface area contributed by atoms with Gasteiger partial charge in [0.2, 0.25) is 95.6 Å². The second-order valence-corrected chi connectivity index (χ2v) is 43.8. The Morgan fingerprint density at radius 1 is 0.333 bits per heavy atom. The van der Waals surface area contributed by atoms with Crippen LogP contribution >= 0.6 is 39.1 Å². The monoisotopic (exact) mass is 1940 g/mol. The molecule has 678 valence electrons. The lowest BCUT2D eigenvalue weighted by Gasteiger charge is -2.30. The number of halogens is 7. The number of rotatable bonds is 19. The second kappa shape index (κ2) is 46.6. The van der Waals surface area contributed by atoms with Crippen molar-refractivity contribution in [3.05, 3.63) is 171 Å². The molecule has 6 aromatic rings. The van der Waals surface area contributed by atoms with E-state index < -0.39 is 95.3 Å². The summed E-state index contributed by atoms with van der Waals surface area (Å²) >= 11 is 14.9. The molecule has 0 bridgehead atoms. The van der Waals surface area contributed by atoms with Gasteiger partial charge in [-0.2, -0.15) is 0 Å². The van der Waals surface area contributed by atoms with Crippen LogP contribution in [-0.2, 0) is 88.9 Å². The first-order valence-electron chi connectivity index (χ1n) is 38.9. The van der Waals surface area contributed by atoms with E-state index in [9.17, 15) is 96.8 Å². The van der Waals surface area contributed by atoms with Crippen LogP contribution in [0.3, 0.4) is 0 Å². The second-order valence-electron chi connectivity index (χ2n) is 30.1. The first-order valence-corrected chi connectivity index (χ1v) is 51.5. The highest BCUT2D eigenvalue weighted by atomic mass is 79.9. The van der Waals surface area contributed by atoms with E-state index in [4.69, 9.17) is 27.9 Å². The van der Waals surface area contributed by atoms with Crippen molar-refractivity contribution in [1.82, 2.24) is 25.8 Å². The molecule has 0 aliphatic carbocycles. The third kappa shape index (κ3) is 33.8. The predicted octanol–water partition coefficient (Wildman–Crippen LogP) is 10.4. The number of carbonyl (C=O) groups excluding carboxylic acids is 6. The predicted molar refractivity (Wildman–Crippen MR) is 469 cm³/mol. The number of hydrogen-bond donors (Lipinski definition) is 6. The number of sulfonamides is 6. The molecule has 0 radical (unpaired) electrons. The molecule has 31 nitrogen and oxygen atoms in total. The largest absolute Gasteiger partial charge is 0.495 e. The van der Waals surface area contributed by atoms with E-state index in [0.29, 0.717) is 156 Å². The number of hydrogen-bond acceptors (Lipinski definition) is 19. The van der Waals surface area contributed by atoms with Crippen LogP contribution in [0.2, 0.25) is 10.0 Å². The molecule has 6 atom stereocenters. The number of nitrogens with zero attached hydrogens (tertiary/aromatic N) is 6. The van der Waals surface area contributed by atoms with Gasteiger partial charge in [-0.1, -0.05) is 63.4 Å². The number of anilines is 6. The Morgan fingerprint density at radius 2 is 0.618 bits per heavy atom. The summed E-state index contributed by atoms with van der Waals surface area (Å²) < 4.78 is 205. The Morgan fingerprint density at radius 3 is 0.943 bits per heavy atom. The number of piperidine rings is 6. The Kier molecular flexibility index (Phi) is 38.7. The zero-order valence-electron chi connectivity index (χ0n) is 68.7. The van der Waals surface area contributed by atoms with Crippen molar-refractivity contribution in [3.63, 3.8) is 0 Å². The van der Waals surface area contributed by atoms with Crippen molar-refractivity contribution >= 4 is 169 Å². The molecule has 6 aromatic carbocycles. The molecular formula is C79H103BrCl2F4N12O19S6. The minimum absolute atomic E-state index is 0.0195. The van der Waals surface area contributed by atoms with Gasteiger partial charge in [-0.25, -0.2) is 93.9 Å². The van der Waals surface area contributed by atoms with Crippen molar-refractivity contribution in [2.45, 2.75) is 77.0 Å². The van der Waals surface area contributed by atoms with Gasteiger partial charge in [-0.05, 0) is 180 Å². The SMILES string of the molecule is COc1ccccc1NC(=O)C1CCCN(S(C)(=O)=O)C1.CS(=O)(=O)N1CCCC(C(=O)Nc2ccc(Br)cc2)C1.CS(=O)(=O)N1CCCC(C(=O)Nc2ccc(Cl)c(F)c2)C1.CS(=O)(=O)N1CCCC(C(=O)Nc2ccc(F)cc2)C1.CS(=O)(=O)N1CCCC(C(=O)Nc2ccc(F)cc2F)C1.CS(=O)(=O)N1CCCC(C(=O)Nc2ccccc2Cl)C1. The van der Waals surface area contributed by atoms with Crippen molar-refractivity contribution in [3.8, 4) is 5.75 Å². The van der Waals surface area contributed by atoms with Gasteiger partial charge < -0.3 is 36.6 Å². The molecule has 0 spiro atoms. The maximum Gasteiger partial charge on any atom is 0.228 e. The van der Waals surface area contributed by atoms with E-state index >= 15 is 0 Å². The first kappa shape index (κ1) is 102. The molecule has 6 saturated heterocycles. The van der Waals surface area contributed by atoms with Crippen LogP contribution in [0.25, 0.3) is 0 Å². The Bertz CT molecular complexity index is 5300. The van der Waals surface area contributed by atoms with Gasteiger partial charge in [0.05, 0.1) is 107 Å². The molecule has 123 heavy (non-hydrogen) atoms. The Hall–Kier alpha value is -7.82. The summed E-state index contributed by atoms with van der Waals surface area (Å²) in [5.74, 6) is -5.81. The third-order valence-electron chi connectivity index (χ3n) is 20.4. The summed E-state index contributed by atoms with van der Waals surface area (Å²) in [7, 11) is -18.1. The van der Waals surface area contributed by atoms with Gasteiger partial charge in [0.25, 0.3) is 0 Å². The average molecular weight is 1940 g/mol. The molecule has 6 aliphatic rings. The fraction of sp³-hybridized carbons (Fsp3) is 0.468. The lowest BCUT2D eigenvalue weighted by atomic mass is 9.98. The van der Waals surface area contributed by atoms with E-state index in [1.807, 2.05) is 24.3 Å². The molecule has 6 aliphatic heterocycles. The van der Waals surface area contributed by atoms with Crippen molar-refractivity contribution in [2.24, 2.45) is 35.5 Å². The van der Waals surface area contributed by atoms with Crippen molar-refractivity contribution < 1.29 is 102 Å². The zero-order chi connectivity index (χ0) is 91.0. The molecule has 6 amide bonds. The van der Waals surface area contributed by atoms with Gasteiger partial charge in [0.1, 0.15) is 29.0 Å². The van der Waals surface area contributed by atoms with Crippen molar-refractivity contribution in [2.75, 3.05) is 155 Å². The van der Waals surface area contributed by atoms with Gasteiger partial charge in [-0.3, -0.25) is 28.8 Å². The lowest BCUT2D eigenvalue weighted by Crippen LogP contribution is -2.43. The smallest absolute Gasteiger partial charge is 0.228 e. The highest BCUT2D eigenvalue weighted by Gasteiger charge is 2.37. The van der Waals surface area contributed by atoms with Gasteiger partial charge in [0.15, 0.2) is 0 Å². The summed E-state index contributed by atoms with van der Waals surface area (Å²) in [5, 5.41) is 16.5. The number of amides is 6. The van der Waals surface area contributed by atoms with Crippen LogP contribution in [0.5, 0.6) is 5.75 Å². The van der Waals surface area contributed by atoms with Crippen LogP contribution in [0.4, 0.5) is 51.7 Å². The lowest BCUT2D eigenvalue weighted by molar-refractivity contribution is -0.121. The van der Waals surface area contributed by atoms with Crippen LogP contribution in [-0.4, -0.2) is 235 Å². The average Bonchev–Trinajstić information content (AvgIpc) is 0.841. The van der Waals surface area contributed by atoms with Gasteiger partial charge in [-0.15, -0.1) is 0 Å². The van der Waals surface area contributed by atoms with E-state index in [-0.39, 0.29) is 109 Å². The van der Waals surface area contributed by atoms with Crippen molar-refractivity contribution in [1.29, 1.82) is 0 Å². The Balaban J connectivity index is 0.000000203. The standard InChI is InChI=1S/C14H20N2O4S.C13H17BrN2O3S.C13H16ClFN2O3S.C13H17ClN2O3S.C13H16F2N2O3S.C13H17FN2O3S/c1-20-13-8-4-3-7-12(13)15-14(17)11-6-5-9-16(10-11)21(2,18)19;1-20(18,19)16-8-2-3-10(9-16)13(17)15-12-6-4-11(14)5-7-12;1-21(19,20)17-6-2-3-9(8-17)13(18)16-10-4-5-11(14)12(15)7-10;1-20(18,19)16-8-4-5-10(9-16)13(17)15-12-7-3-2-6-11(12)14;1-21(19,20)17-6-2-3-9(8-17)13(18)16-12-5-4-10(14)7-11(12)15;1-20(18,19)16-8-2-3-10(9-16)13(17)15-12-6-4-11(14)5-7-12/h3-4,7-8,11H,5-6,9-10H2,1-2H3,(H,15,17);4-7,10H,2-3,8-9H2,1H3,(H,15,17);4-5,7,9H,2-3,6,8H2,1H3,(H,16,18);2-3,6-7,10H,4-5,8-9H2,1H3,(H,15,17);4-5,7,9H,2-3,6,8H2,1H3,(H,16,18);4-7,10H,2-3,8-9H2,1H3,(H,15,17). The molecule has 6 N–H and O–H groups in total. The summed E-state index contributed by atoms with van der Waals surface area (Å²) in [6.07, 6.45) is 14.7. The summed E-state index contributed by atoms with van der Waals surface area (Å²) in [4.78, 5) is 73.0. The fourth-order valence-electron chi connectivity index (χ4n) is 13.7. The summed E-state index contributed by atoms with van der Waals surface area (Å²) in [6.45, 7) is 3.90. The molecule has 6 unspecified atom stereocenters. The van der Waals surface area contributed by atoms with Crippen LogP contribution < -0.4 is 36.6 Å². The van der Waals surface area contributed by atoms with Crippen LogP contribution in [0.1, 0.15) is 77.0 Å². The minimum Gasteiger partial charge on any atom is -0.495 e. The summed E-state index contributed by atoms with van der Waals surface area (Å²) in [6, 6.07) is 33.8. The number of nitrogens with one attached hydrogen (secondary N) is 6. The highest BCUT2D eigenvalue weighted by Crippen LogP contribution is 2.31. The molecule has 12 rings (SSSR count).